The number of hydrogen-bond donors (Lipinski definition) is 0. The number of aliphatic imine (C=N–C) groups is 1. The molecule has 0 aromatic heterocycles. The molecule has 0 fully saturated rings. The molecule has 0 atom stereocenters. The minimum absolute atomic E-state index is 1.18. The molecule has 0 saturated heterocycles. The average molecular weight is 157 g/mol. The smallest absolute Gasteiger partial charge is 0.0582 e. The molecule has 0 aliphatic rings. The Hall–Kier alpha value is -0.240. The molecule has 0 spiro atoms. The zero-order chi connectivity index (χ0) is 7.82. The topological polar surface area (TPSA) is 12.4 Å². The first-order valence-electron chi connectivity index (χ1n) is 3.55. The second kappa shape index (κ2) is 6.87. The van der Waals surface area contributed by atoms with Gasteiger partial charge in [-0.3, -0.25) is 4.99 Å². The lowest BCUT2D eigenvalue weighted by Crippen LogP contribution is -1.69. The van der Waals surface area contributed by atoms with Crippen molar-refractivity contribution in [1.29, 1.82) is 0 Å². The van der Waals surface area contributed by atoms with Crippen LogP contribution in [-0.4, -0.2) is 12.6 Å². The van der Waals surface area contributed by atoms with E-state index < -0.39 is 0 Å². The minimum atomic E-state index is 1.18. The molecule has 0 rings (SSSR count). The van der Waals surface area contributed by atoms with Crippen molar-refractivity contribution in [2.45, 2.75) is 26.7 Å². The van der Waals surface area contributed by atoms with Crippen molar-refractivity contribution in [3.05, 3.63) is 11.0 Å². The van der Waals surface area contributed by atoms with Crippen molar-refractivity contribution in [1.82, 2.24) is 0 Å². The number of unbranched alkanes of at least 4 members (excludes halogenated alkanes) is 1. The molecule has 1 nitrogen and oxygen atoms in total. The number of rotatable bonds is 4. The monoisotopic (exact) mass is 157 g/mol. The lowest BCUT2D eigenvalue weighted by Gasteiger charge is -1.92. The quantitative estimate of drug-likeness (QED) is 0.451. The highest BCUT2D eigenvalue weighted by Crippen LogP contribution is 2.12. The first kappa shape index (κ1) is 9.76. The molecule has 2 heteroatoms. The molecular formula is C8H15NS. The van der Waals surface area contributed by atoms with Crippen molar-refractivity contribution >= 4 is 17.3 Å². The molecule has 58 valence electrons. The van der Waals surface area contributed by atoms with Gasteiger partial charge in [0.05, 0.1) is 5.55 Å². The lowest BCUT2D eigenvalue weighted by molar-refractivity contribution is 0.955. The Kier molecular flexibility index (Phi) is 6.71. The van der Waals surface area contributed by atoms with Crippen LogP contribution in [0, 0.1) is 0 Å². The Bertz CT molecular complexity index is 127. The molecule has 0 amide bonds. The average Bonchev–Trinajstić information content (AvgIpc) is 1.97. The normalized spacial score (nSPS) is 12.9. The van der Waals surface area contributed by atoms with E-state index in [0.29, 0.717) is 0 Å². The summed E-state index contributed by atoms with van der Waals surface area (Å²) in [5.41, 5.74) is 1.86. The summed E-state index contributed by atoms with van der Waals surface area (Å²) < 4.78 is 0. The van der Waals surface area contributed by atoms with Gasteiger partial charge in [-0.2, -0.15) is 0 Å². The van der Waals surface area contributed by atoms with Crippen LogP contribution in [0.1, 0.15) is 26.7 Å². The zero-order valence-electron chi connectivity index (χ0n) is 6.92. The van der Waals surface area contributed by atoms with E-state index in [2.05, 4.69) is 24.9 Å². The number of nitrogens with zero attached hydrogens (tertiary/aromatic N) is 1. The standard InChI is InChI=1S/C8H15NS/c1-4-5-6-8(2)10-7-9-3/h6-7H,4-5H2,1-3H3/b8-6+,9-7-. The zero-order valence-corrected chi connectivity index (χ0v) is 7.74. The largest absolute Gasteiger partial charge is 0.289 e. The van der Waals surface area contributed by atoms with Crippen LogP contribution in [0.4, 0.5) is 0 Å². The number of allylic oxidation sites excluding steroid dienone is 2. The molecule has 0 N–H and O–H groups in total. The second-order valence-corrected chi connectivity index (χ2v) is 3.18. The summed E-state index contributed by atoms with van der Waals surface area (Å²) >= 11 is 1.69. The summed E-state index contributed by atoms with van der Waals surface area (Å²) in [6.45, 7) is 4.30. The molecule has 0 aromatic carbocycles. The molecular weight excluding hydrogens is 142 g/mol. The third-order valence-electron chi connectivity index (χ3n) is 1.06. The van der Waals surface area contributed by atoms with Crippen LogP contribution >= 0.6 is 11.8 Å². The van der Waals surface area contributed by atoms with Crippen LogP contribution in [-0.2, 0) is 0 Å². The fourth-order valence-corrected chi connectivity index (χ4v) is 1.02. The van der Waals surface area contributed by atoms with Crippen LogP contribution in [0.3, 0.4) is 0 Å². The van der Waals surface area contributed by atoms with Crippen molar-refractivity contribution in [3.8, 4) is 0 Å². The highest BCUT2D eigenvalue weighted by atomic mass is 32.2. The summed E-state index contributed by atoms with van der Waals surface area (Å²) in [7, 11) is 1.79. The maximum atomic E-state index is 3.88. The van der Waals surface area contributed by atoms with Crippen molar-refractivity contribution in [3.63, 3.8) is 0 Å². The molecule has 0 aliphatic heterocycles. The minimum Gasteiger partial charge on any atom is -0.289 e. The Labute approximate surface area is 67.6 Å². The van der Waals surface area contributed by atoms with E-state index in [4.69, 9.17) is 0 Å². The maximum absolute atomic E-state index is 3.88. The molecule has 0 aliphatic carbocycles. The van der Waals surface area contributed by atoms with Crippen LogP contribution in [0.15, 0.2) is 16.0 Å². The van der Waals surface area contributed by atoms with Crippen molar-refractivity contribution < 1.29 is 0 Å². The second-order valence-electron chi connectivity index (χ2n) is 2.08. The van der Waals surface area contributed by atoms with Crippen LogP contribution in [0.2, 0.25) is 0 Å². The van der Waals surface area contributed by atoms with Gasteiger partial charge in [0.2, 0.25) is 0 Å². The van der Waals surface area contributed by atoms with Gasteiger partial charge < -0.3 is 0 Å². The van der Waals surface area contributed by atoms with E-state index in [1.54, 1.807) is 18.8 Å². The van der Waals surface area contributed by atoms with Gasteiger partial charge in [0.15, 0.2) is 0 Å². The van der Waals surface area contributed by atoms with Gasteiger partial charge in [-0.25, -0.2) is 0 Å². The van der Waals surface area contributed by atoms with Gasteiger partial charge >= 0.3 is 0 Å². The summed E-state index contributed by atoms with van der Waals surface area (Å²) in [5.74, 6) is 0. The van der Waals surface area contributed by atoms with Gasteiger partial charge in [-0.05, 0) is 18.2 Å². The molecule has 0 aromatic rings. The highest BCUT2D eigenvalue weighted by molar-refractivity contribution is 8.15. The first-order chi connectivity index (χ1) is 4.81. The number of hydrogen-bond acceptors (Lipinski definition) is 2. The lowest BCUT2D eigenvalue weighted by atomic mass is 10.3. The molecule has 0 unspecified atom stereocenters. The molecule has 10 heavy (non-hydrogen) atoms. The van der Waals surface area contributed by atoms with E-state index in [9.17, 15) is 0 Å². The first-order valence-corrected chi connectivity index (χ1v) is 4.43. The predicted molar refractivity (Wildman–Crippen MR) is 50.7 cm³/mol. The van der Waals surface area contributed by atoms with Crippen LogP contribution in [0.5, 0.6) is 0 Å². The van der Waals surface area contributed by atoms with Crippen LogP contribution < -0.4 is 0 Å². The van der Waals surface area contributed by atoms with E-state index in [1.807, 2.05) is 5.55 Å². The fraction of sp³-hybridized carbons (Fsp3) is 0.625. The molecule has 0 radical (unpaired) electrons. The SMILES string of the molecule is CCC/C=C(\C)S/C=N\C. The molecule has 0 bridgehead atoms. The van der Waals surface area contributed by atoms with E-state index in [1.165, 1.54) is 17.7 Å². The fourth-order valence-electron chi connectivity index (χ4n) is 0.532. The van der Waals surface area contributed by atoms with E-state index in [-0.39, 0.29) is 0 Å². The predicted octanol–water partition coefficient (Wildman–Crippen LogP) is 3.08. The van der Waals surface area contributed by atoms with Gasteiger partial charge in [0, 0.05) is 7.05 Å². The van der Waals surface area contributed by atoms with Crippen molar-refractivity contribution in [2.75, 3.05) is 7.05 Å². The Morgan fingerprint density at radius 3 is 2.80 bits per heavy atom. The highest BCUT2D eigenvalue weighted by Gasteiger charge is 1.83. The van der Waals surface area contributed by atoms with Crippen LogP contribution in [0.25, 0.3) is 0 Å². The Balaban J connectivity index is 3.49. The summed E-state index contributed by atoms with van der Waals surface area (Å²) in [4.78, 5) is 5.22. The van der Waals surface area contributed by atoms with Gasteiger partial charge in [0.1, 0.15) is 0 Å². The number of thioether (sulfide) groups is 1. The maximum Gasteiger partial charge on any atom is 0.0582 e. The molecule has 0 heterocycles. The van der Waals surface area contributed by atoms with Crippen molar-refractivity contribution in [2.24, 2.45) is 4.99 Å². The Morgan fingerprint density at radius 1 is 1.60 bits per heavy atom. The summed E-state index contributed by atoms with van der Waals surface area (Å²) in [6, 6.07) is 0. The third kappa shape index (κ3) is 5.89. The van der Waals surface area contributed by atoms with Gasteiger partial charge in [0.25, 0.3) is 0 Å². The van der Waals surface area contributed by atoms with E-state index >= 15 is 0 Å². The Morgan fingerprint density at radius 2 is 2.30 bits per heavy atom. The summed E-state index contributed by atoms with van der Waals surface area (Å²) in [5, 5.41) is 0. The van der Waals surface area contributed by atoms with Gasteiger partial charge in [-0.1, -0.05) is 31.2 Å². The van der Waals surface area contributed by atoms with E-state index in [0.717, 1.165) is 0 Å². The van der Waals surface area contributed by atoms with Gasteiger partial charge in [-0.15, -0.1) is 0 Å². The summed E-state index contributed by atoms with van der Waals surface area (Å²) in [6.07, 6.45) is 4.64. The third-order valence-corrected chi connectivity index (χ3v) is 1.92. The molecule has 0 saturated carbocycles.